The minimum absolute atomic E-state index is 0.274. The molecule has 11 heavy (non-hydrogen) atoms. The third-order valence-corrected chi connectivity index (χ3v) is 1.62. The van der Waals surface area contributed by atoms with E-state index in [1.54, 1.807) is 24.1 Å². The zero-order valence-corrected chi connectivity index (χ0v) is 6.40. The number of carbonyl (C=O) groups excluding carboxylic acids is 1. The van der Waals surface area contributed by atoms with Crippen LogP contribution in [-0.4, -0.2) is 29.7 Å². The molecule has 0 bridgehead atoms. The van der Waals surface area contributed by atoms with Crippen molar-refractivity contribution in [1.82, 2.24) is 4.90 Å². The molecule has 4 heteroatoms. The second kappa shape index (κ2) is 3.18. The van der Waals surface area contributed by atoms with Gasteiger partial charge in [-0.25, -0.2) is 0 Å². The van der Waals surface area contributed by atoms with Crippen LogP contribution in [0, 0.1) is 0 Å². The van der Waals surface area contributed by atoms with Crippen LogP contribution in [-0.2, 0) is 4.79 Å². The van der Waals surface area contributed by atoms with E-state index in [0.29, 0.717) is 6.67 Å². The number of allylic oxidation sites excluding steroid dienone is 1. The zero-order valence-electron chi connectivity index (χ0n) is 6.40. The molecule has 1 atom stereocenters. The maximum absolute atomic E-state index is 10.7. The monoisotopic (exact) mass is 153 g/mol. The van der Waals surface area contributed by atoms with E-state index in [2.05, 4.69) is 4.99 Å². The summed E-state index contributed by atoms with van der Waals surface area (Å²) >= 11 is 0. The van der Waals surface area contributed by atoms with Crippen LogP contribution in [0.4, 0.5) is 0 Å². The first-order chi connectivity index (χ1) is 5.22. The van der Waals surface area contributed by atoms with Crippen LogP contribution in [0.1, 0.15) is 6.92 Å². The maximum atomic E-state index is 10.7. The van der Waals surface area contributed by atoms with Crippen molar-refractivity contribution in [3.8, 4) is 0 Å². The van der Waals surface area contributed by atoms with Gasteiger partial charge in [-0.1, -0.05) is 0 Å². The molecular weight excluding hydrogens is 142 g/mol. The summed E-state index contributed by atoms with van der Waals surface area (Å²) in [5, 5.41) is 0. The number of primary amides is 1. The van der Waals surface area contributed by atoms with Crippen molar-refractivity contribution in [1.29, 1.82) is 0 Å². The lowest BCUT2D eigenvalue weighted by atomic mass is 10.3. The molecule has 1 amide bonds. The molecule has 1 rings (SSSR count). The molecule has 0 aromatic heterocycles. The summed E-state index contributed by atoms with van der Waals surface area (Å²) in [4.78, 5) is 16.4. The molecule has 0 spiro atoms. The fourth-order valence-electron chi connectivity index (χ4n) is 0.813. The Morgan fingerprint density at radius 3 is 3.00 bits per heavy atom. The van der Waals surface area contributed by atoms with E-state index in [4.69, 9.17) is 5.73 Å². The molecule has 0 aliphatic carbocycles. The van der Waals surface area contributed by atoms with Gasteiger partial charge in [-0.2, -0.15) is 0 Å². The van der Waals surface area contributed by atoms with Crippen molar-refractivity contribution in [2.75, 3.05) is 6.67 Å². The van der Waals surface area contributed by atoms with Crippen molar-refractivity contribution in [2.45, 2.75) is 13.0 Å². The standard InChI is InChI=1S/C7H11N3O/c1-6(7(8)11)10-4-2-3-9-5-10/h2-4,6H,5H2,1H3,(H2,8,11). The summed E-state index contributed by atoms with van der Waals surface area (Å²) in [6.07, 6.45) is 5.29. The highest BCUT2D eigenvalue weighted by atomic mass is 16.1. The number of hydrogen-bond acceptors (Lipinski definition) is 3. The molecule has 0 saturated carbocycles. The highest BCUT2D eigenvalue weighted by molar-refractivity contribution is 5.80. The molecule has 1 unspecified atom stereocenters. The highest BCUT2D eigenvalue weighted by Crippen LogP contribution is 2.01. The summed E-state index contributed by atoms with van der Waals surface area (Å²) in [5.74, 6) is -0.327. The Morgan fingerprint density at radius 2 is 2.55 bits per heavy atom. The zero-order chi connectivity index (χ0) is 8.27. The van der Waals surface area contributed by atoms with Gasteiger partial charge < -0.3 is 10.6 Å². The van der Waals surface area contributed by atoms with E-state index in [1.807, 2.05) is 6.20 Å². The minimum atomic E-state index is -0.327. The summed E-state index contributed by atoms with van der Waals surface area (Å²) in [6.45, 7) is 2.27. The van der Waals surface area contributed by atoms with Crippen LogP contribution >= 0.6 is 0 Å². The van der Waals surface area contributed by atoms with Gasteiger partial charge in [0, 0.05) is 12.4 Å². The van der Waals surface area contributed by atoms with Gasteiger partial charge >= 0.3 is 0 Å². The lowest BCUT2D eigenvalue weighted by Crippen LogP contribution is -2.40. The van der Waals surface area contributed by atoms with Gasteiger partial charge in [0.1, 0.15) is 12.7 Å². The first-order valence-electron chi connectivity index (χ1n) is 3.43. The molecule has 2 N–H and O–H groups in total. The Kier molecular flexibility index (Phi) is 2.25. The number of hydrogen-bond donors (Lipinski definition) is 1. The normalized spacial score (nSPS) is 18.5. The summed E-state index contributed by atoms with van der Waals surface area (Å²) < 4.78 is 0. The van der Waals surface area contributed by atoms with Crippen molar-refractivity contribution in [2.24, 2.45) is 10.7 Å². The Morgan fingerprint density at radius 1 is 1.82 bits per heavy atom. The Hall–Kier alpha value is -1.32. The van der Waals surface area contributed by atoms with E-state index < -0.39 is 0 Å². The second-order valence-electron chi connectivity index (χ2n) is 2.41. The predicted octanol–water partition coefficient (Wildman–Crippen LogP) is -0.282. The topological polar surface area (TPSA) is 58.7 Å². The highest BCUT2D eigenvalue weighted by Gasteiger charge is 2.14. The van der Waals surface area contributed by atoms with Gasteiger partial charge in [-0.05, 0) is 13.0 Å². The number of aliphatic imine (C=N–C) groups is 1. The fourth-order valence-corrected chi connectivity index (χ4v) is 0.813. The first-order valence-corrected chi connectivity index (χ1v) is 3.43. The average molecular weight is 153 g/mol. The number of rotatable bonds is 2. The molecule has 60 valence electrons. The van der Waals surface area contributed by atoms with E-state index in [9.17, 15) is 4.79 Å². The second-order valence-corrected chi connectivity index (χ2v) is 2.41. The van der Waals surface area contributed by atoms with Gasteiger partial charge in [0.25, 0.3) is 0 Å². The SMILES string of the molecule is CC(C(N)=O)N1C=CC=NC1. The van der Waals surface area contributed by atoms with Crippen LogP contribution in [0.25, 0.3) is 0 Å². The lowest BCUT2D eigenvalue weighted by molar-refractivity contribution is -0.121. The quantitative estimate of drug-likeness (QED) is 0.593. The summed E-state index contributed by atoms with van der Waals surface area (Å²) in [5.41, 5.74) is 5.10. The number of nitrogens with two attached hydrogens (primary N) is 1. The van der Waals surface area contributed by atoms with Gasteiger partial charge in [-0.15, -0.1) is 0 Å². The molecule has 0 aromatic rings. The van der Waals surface area contributed by atoms with Crippen LogP contribution in [0.3, 0.4) is 0 Å². The van der Waals surface area contributed by atoms with Gasteiger partial charge in [0.2, 0.25) is 5.91 Å². The predicted molar refractivity (Wildman–Crippen MR) is 43.0 cm³/mol. The molecule has 0 saturated heterocycles. The third-order valence-electron chi connectivity index (χ3n) is 1.62. The first kappa shape index (κ1) is 7.78. The number of carbonyl (C=O) groups is 1. The Balaban J connectivity index is 2.55. The smallest absolute Gasteiger partial charge is 0.239 e. The van der Waals surface area contributed by atoms with Crippen LogP contribution in [0.2, 0.25) is 0 Å². The summed E-state index contributed by atoms with van der Waals surface area (Å²) in [7, 11) is 0. The van der Waals surface area contributed by atoms with Crippen LogP contribution in [0.15, 0.2) is 17.3 Å². The Labute approximate surface area is 65.4 Å². The number of amides is 1. The maximum Gasteiger partial charge on any atom is 0.239 e. The van der Waals surface area contributed by atoms with Crippen LogP contribution in [0.5, 0.6) is 0 Å². The fraction of sp³-hybridized carbons (Fsp3) is 0.429. The van der Waals surface area contributed by atoms with E-state index in [-0.39, 0.29) is 11.9 Å². The molecule has 0 fully saturated rings. The van der Waals surface area contributed by atoms with Crippen molar-refractivity contribution in [3.05, 3.63) is 12.3 Å². The third kappa shape index (κ3) is 1.80. The summed E-state index contributed by atoms with van der Waals surface area (Å²) in [6, 6.07) is -0.274. The van der Waals surface area contributed by atoms with Gasteiger partial charge in [0.05, 0.1) is 0 Å². The van der Waals surface area contributed by atoms with Crippen molar-refractivity contribution in [3.63, 3.8) is 0 Å². The minimum Gasteiger partial charge on any atom is -0.368 e. The molecule has 1 aliphatic rings. The van der Waals surface area contributed by atoms with E-state index >= 15 is 0 Å². The Bertz CT molecular complexity index is 210. The lowest BCUT2D eigenvalue weighted by Gasteiger charge is -2.24. The molecule has 0 aromatic carbocycles. The average Bonchev–Trinajstić information content (AvgIpc) is 2.05. The molecular formula is C7H11N3O. The van der Waals surface area contributed by atoms with Crippen LogP contribution < -0.4 is 5.73 Å². The van der Waals surface area contributed by atoms with E-state index in [0.717, 1.165) is 0 Å². The van der Waals surface area contributed by atoms with Gasteiger partial charge in [0.15, 0.2) is 0 Å². The van der Waals surface area contributed by atoms with Crippen molar-refractivity contribution < 1.29 is 4.79 Å². The molecule has 4 nitrogen and oxygen atoms in total. The van der Waals surface area contributed by atoms with Gasteiger partial charge in [-0.3, -0.25) is 9.79 Å². The number of nitrogens with zero attached hydrogens (tertiary/aromatic N) is 2. The molecule has 1 aliphatic heterocycles. The van der Waals surface area contributed by atoms with Crippen molar-refractivity contribution >= 4 is 12.1 Å². The molecule has 0 radical (unpaired) electrons. The van der Waals surface area contributed by atoms with E-state index in [1.165, 1.54) is 0 Å². The molecule has 1 heterocycles. The largest absolute Gasteiger partial charge is 0.368 e.